The second-order valence-electron chi connectivity index (χ2n) is 5.16. The Morgan fingerprint density at radius 1 is 1.27 bits per heavy atom. The van der Waals surface area contributed by atoms with Gasteiger partial charge in [0.15, 0.2) is 0 Å². The molecule has 0 saturated heterocycles. The lowest BCUT2D eigenvalue weighted by Gasteiger charge is -2.41. The van der Waals surface area contributed by atoms with E-state index in [1.807, 2.05) is 0 Å². The molecule has 2 unspecified atom stereocenters. The molecule has 2 fully saturated rings. The lowest BCUT2D eigenvalue weighted by molar-refractivity contribution is -0.0362. The molecule has 0 amide bonds. The first-order valence-corrected chi connectivity index (χ1v) is 7.77. The van der Waals surface area contributed by atoms with E-state index in [0.717, 1.165) is 19.3 Å². The molecule has 2 aliphatic carbocycles. The predicted octanol–water partition coefficient (Wildman–Crippen LogP) is 2.03. The van der Waals surface area contributed by atoms with Crippen LogP contribution >= 0.6 is 10.7 Å². The van der Waals surface area contributed by atoms with E-state index >= 15 is 0 Å². The number of rotatable bonds is 2. The number of halogens is 1. The van der Waals surface area contributed by atoms with Crippen LogP contribution in [0.2, 0.25) is 0 Å². The maximum Gasteiger partial charge on any atom is 0.238 e. The summed E-state index contributed by atoms with van der Waals surface area (Å²) in [6, 6.07) is 0. The average Bonchev–Trinajstić information content (AvgIpc) is 2.82. The van der Waals surface area contributed by atoms with Crippen LogP contribution in [0.1, 0.15) is 45.4 Å². The van der Waals surface area contributed by atoms with Gasteiger partial charge in [-0.25, -0.2) is 8.42 Å². The zero-order chi connectivity index (χ0) is 11.3. The van der Waals surface area contributed by atoms with Crippen molar-refractivity contribution in [2.45, 2.75) is 55.8 Å². The van der Waals surface area contributed by atoms with Crippen molar-refractivity contribution in [1.29, 1.82) is 0 Å². The average molecular weight is 253 g/mol. The number of hydrogen-bond donors (Lipinski definition) is 1. The van der Waals surface area contributed by atoms with E-state index in [9.17, 15) is 13.5 Å². The van der Waals surface area contributed by atoms with Crippen LogP contribution in [0.25, 0.3) is 0 Å². The highest BCUT2D eigenvalue weighted by molar-refractivity contribution is 8.15. The molecule has 5 heteroatoms. The SMILES string of the molecule is CC1(O)CCCCC1C1(S(=O)(=O)Cl)CC1. The molecule has 0 aliphatic heterocycles. The van der Waals surface area contributed by atoms with Gasteiger partial charge >= 0.3 is 0 Å². The van der Waals surface area contributed by atoms with Crippen molar-refractivity contribution < 1.29 is 13.5 Å². The van der Waals surface area contributed by atoms with Crippen molar-refractivity contribution in [3.63, 3.8) is 0 Å². The molecule has 0 radical (unpaired) electrons. The van der Waals surface area contributed by atoms with Crippen molar-refractivity contribution in [1.82, 2.24) is 0 Å². The van der Waals surface area contributed by atoms with Crippen molar-refractivity contribution in [2.24, 2.45) is 5.92 Å². The molecular formula is C10H17ClO3S. The molecular weight excluding hydrogens is 236 g/mol. The smallest absolute Gasteiger partial charge is 0.238 e. The molecule has 0 bridgehead atoms. The van der Waals surface area contributed by atoms with E-state index < -0.39 is 19.4 Å². The van der Waals surface area contributed by atoms with Gasteiger partial charge in [0, 0.05) is 16.6 Å². The van der Waals surface area contributed by atoms with Crippen molar-refractivity contribution in [3.8, 4) is 0 Å². The molecule has 88 valence electrons. The third kappa shape index (κ3) is 1.81. The molecule has 2 rings (SSSR count). The highest BCUT2D eigenvalue weighted by Gasteiger charge is 2.63. The third-order valence-electron chi connectivity index (χ3n) is 4.04. The first kappa shape index (κ1) is 11.7. The van der Waals surface area contributed by atoms with E-state index in [1.54, 1.807) is 6.92 Å². The van der Waals surface area contributed by atoms with Crippen LogP contribution in [0.4, 0.5) is 0 Å². The summed E-state index contributed by atoms with van der Waals surface area (Å²) < 4.78 is 22.3. The van der Waals surface area contributed by atoms with Gasteiger partial charge in [0.2, 0.25) is 9.05 Å². The van der Waals surface area contributed by atoms with E-state index in [2.05, 4.69) is 0 Å². The minimum Gasteiger partial charge on any atom is -0.390 e. The van der Waals surface area contributed by atoms with Crippen LogP contribution in [0, 0.1) is 5.92 Å². The van der Waals surface area contributed by atoms with Crippen LogP contribution in [0.5, 0.6) is 0 Å². The summed E-state index contributed by atoms with van der Waals surface area (Å²) in [7, 11) is 1.96. The normalized spacial score (nSPS) is 40.1. The number of aliphatic hydroxyl groups is 1. The van der Waals surface area contributed by atoms with Gasteiger partial charge in [-0.15, -0.1) is 0 Å². The maximum atomic E-state index is 11.6. The van der Waals surface area contributed by atoms with Crippen LogP contribution in [0.3, 0.4) is 0 Å². The summed E-state index contributed by atoms with van der Waals surface area (Å²) in [6.07, 6.45) is 4.65. The number of hydrogen-bond acceptors (Lipinski definition) is 3. The lowest BCUT2D eigenvalue weighted by atomic mass is 9.74. The highest BCUT2D eigenvalue weighted by atomic mass is 35.7. The van der Waals surface area contributed by atoms with Gasteiger partial charge in [-0.2, -0.15) is 0 Å². The predicted molar refractivity (Wildman–Crippen MR) is 59.3 cm³/mol. The standard InChI is InChI=1S/C10H17ClO3S/c1-9(12)5-3-2-4-8(9)10(6-7-10)15(11,13)14/h8,12H,2-7H2,1H3. The minimum atomic E-state index is -3.55. The summed E-state index contributed by atoms with van der Waals surface area (Å²) in [5.74, 6) is -0.179. The van der Waals surface area contributed by atoms with Gasteiger partial charge in [-0.05, 0) is 32.6 Å². The zero-order valence-electron chi connectivity index (χ0n) is 8.87. The minimum absolute atomic E-state index is 0.179. The topological polar surface area (TPSA) is 54.4 Å². The quantitative estimate of drug-likeness (QED) is 0.765. The van der Waals surface area contributed by atoms with Gasteiger partial charge in [0.1, 0.15) is 0 Å². The van der Waals surface area contributed by atoms with Crippen molar-refractivity contribution in [2.75, 3.05) is 0 Å². The first-order chi connectivity index (χ1) is 6.80. The second kappa shape index (κ2) is 3.34. The highest BCUT2D eigenvalue weighted by Crippen LogP contribution is 2.57. The Kier molecular flexibility index (Phi) is 2.60. The van der Waals surface area contributed by atoms with Crippen molar-refractivity contribution in [3.05, 3.63) is 0 Å². The van der Waals surface area contributed by atoms with E-state index in [0.29, 0.717) is 19.3 Å². The Balaban J connectivity index is 2.30. The Bertz CT molecular complexity index is 357. The molecule has 1 N–H and O–H groups in total. The maximum absolute atomic E-state index is 11.6. The van der Waals surface area contributed by atoms with Crippen LogP contribution in [-0.2, 0) is 9.05 Å². The first-order valence-electron chi connectivity index (χ1n) is 5.46. The summed E-state index contributed by atoms with van der Waals surface area (Å²) in [4.78, 5) is 0. The zero-order valence-corrected chi connectivity index (χ0v) is 10.4. The Morgan fingerprint density at radius 3 is 2.27 bits per heavy atom. The third-order valence-corrected chi connectivity index (χ3v) is 6.63. The van der Waals surface area contributed by atoms with Crippen molar-refractivity contribution >= 4 is 19.7 Å². The van der Waals surface area contributed by atoms with Gasteiger partial charge in [0.05, 0.1) is 10.3 Å². The fourth-order valence-corrected chi connectivity index (χ4v) is 5.12. The van der Waals surface area contributed by atoms with E-state index in [-0.39, 0.29) is 5.92 Å². The molecule has 0 aromatic heterocycles. The summed E-state index contributed by atoms with van der Waals surface area (Å²) in [5.41, 5.74) is -0.864. The van der Waals surface area contributed by atoms with Gasteiger partial charge < -0.3 is 5.11 Å². The van der Waals surface area contributed by atoms with Crippen LogP contribution in [0.15, 0.2) is 0 Å². The Hall–Kier alpha value is 0.200. The molecule has 2 atom stereocenters. The van der Waals surface area contributed by atoms with E-state index in [4.69, 9.17) is 10.7 Å². The lowest BCUT2D eigenvalue weighted by Crippen LogP contribution is -2.47. The largest absolute Gasteiger partial charge is 0.390 e. The fraction of sp³-hybridized carbons (Fsp3) is 1.00. The monoisotopic (exact) mass is 252 g/mol. The Labute approximate surface area is 95.2 Å². The molecule has 0 aromatic rings. The molecule has 15 heavy (non-hydrogen) atoms. The summed E-state index contributed by atoms with van der Waals surface area (Å²) in [6.45, 7) is 1.75. The summed E-state index contributed by atoms with van der Waals surface area (Å²) >= 11 is 0. The van der Waals surface area contributed by atoms with Gasteiger partial charge in [-0.3, -0.25) is 0 Å². The molecule has 0 spiro atoms. The van der Waals surface area contributed by atoms with Crippen LogP contribution < -0.4 is 0 Å². The fourth-order valence-electron chi connectivity index (χ4n) is 3.03. The Morgan fingerprint density at radius 2 is 1.87 bits per heavy atom. The van der Waals surface area contributed by atoms with Gasteiger partial charge in [-0.1, -0.05) is 12.8 Å². The van der Waals surface area contributed by atoms with E-state index in [1.165, 1.54) is 0 Å². The molecule has 2 saturated carbocycles. The molecule has 0 heterocycles. The molecule has 3 nitrogen and oxygen atoms in total. The summed E-state index contributed by atoms with van der Waals surface area (Å²) in [5, 5.41) is 10.3. The molecule has 2 aliphatic rings. The van der Waals surface area contributed by atoms with Gasteiger partial charge in [0.25, 0.3) is 0 Å². The molecule has 0 aromatic carbocycles. The second-order valence-corrected chi connectivity index (χ2v) is 8.07. The van der Waals surface area contributed by atoms with Crippen LogP contribution in [-0.4, -0.2) is 23.9 Å².